The highest BCUT2D eigenvalue weighted by molar-refractivity contribution is 7.91. The van der Waals surface area contributed by atoms with Crippen LogP contribution in [0, 0.1) is 5.41 Å². The van der Waals surface area contributed by atoms with Gasteiger partial charge in [-0.3, -0.25) is 0 Å². The summed E-state index contributed by atoms with van der Waals surface area (Å²) in [4.78, 5) is 0. The molecule has 1 spiro atoms. The number of rotatable bonds is 0. The third-order valence-corrected chi connectivity index (χ3v) is 4.91. The SMILES string of the molecule is O=S1(=O)CC[C@@]2(CCCNC2)C1. The summed E-state index contributed by atoms with van der Waals surface area (Å²) in [5, 5.41) is 3.29. The van der Waals surface area contributed by atoms with Gasteiger partial charge in [0.1, 0.15) is 0 Å². The Hall–Kier alpha value is -0.0900. The van der Waals surface area contributed by atoms with E-state index < -0.39 is 9.84 Å². The van der Waals surface area contributed by atoms with Gasteiger partial charge in [0.05, 0.1) is 11.5 Å². The van der Waals surface area contributed by atoms with Gasteiger partial charge in [-0.15, -0.1) is 0 Å². The zero-order valence-corrected chi connectivity index (χ0v) is 7.99. The van der Waals surface area contributed by atoms with Crippen molar-refractivity contribution in [3.05, 3.63) is 0 Å². The maximum Gasteiger partial charge on any atom is 0.150 e. The van der Waals surface area contributed by atoms with Gasteiger partial charge in [0.25, 0.3) is 0 Å². The predicted octanol–water partition coefficient (Wildman–Crippen LogP) is 0.175. The lowest BCUT2D eigenvalue weighted by molar-refractivity contribution is 0.244. The van der Waals surface area contributed by atoms with Crippen molar-refractivity contribution in [3.8, 4) is 0 Å². The van der Waals surface area contributed by atoms with E-state index in [0.717, 1.165) is 32.4 Å². The second-order valence-corrected chi connectivity index (χ2v) is 6.31. The Balaban J connectivity index is 2.13. The first kappa shape index (κ1) is 8.51. The van der Waals surface area contributed by atoms with Crippen molar-refractivity contribution < 1.29 is 8.42 Å². The monoisotopic (exact) mass is 189 g/mol. The molecule has 2 heterocycles. The molecule has 0 unspecified atom stereocenters. The topological polar surface area (TPSA) is 46.2 Å². The van der Waals surface area contributed by atoms with Crippen LogP contribution in [0.25, 0.3) is 0 Å². The summed E-state index contributed by atoms with van der Waals surface area (Å²) in [7, 11) is -2.69. The van der Waals surface area contributed by atoms with E-state index in [1.54, 1.807) is 0 Å². The van der Waals surface area contributed by atoms with Crippen LogP contribution in [0.1, 0.15) is 19.3 Å². The molecule has 70 valence electrons. The highest BCUT2D eigenvalue weighted by atomic mass is 32.2. The fraction of sp³-hybridized carbons (Fsp3) is 1.00. The Morgan fingerprint density at radius 1 is 1.25 bits per heavy atom. The van der Waals surface area contributed by atoms with Crippen molar-refractivity contribution in [2.75, 3.05) is 24.6 Å². The Bertz CT molecular complexity index is 265. The second-order valence-electron chi connectivity index (χ2n) is 4.12. The van der Waals surface area contributed by atoms with Crippen LogP contribution in [0.2, 0.25) is 0 Å². The van der Waals surface area contributed by atoms with Gasteiger partial charge in [-0.25, -0.2) is 8.42 Å². The van der Waals surface area contributed by atoms with Crippen molar-refractivity contribution in [1.29, 1.82) is 0 Å². The smallest absolute Gasteiger partial charge is 0.150 e. The summed E-state index contributed by atoms with van der Waals surface area (Å²) in [6, 6.07) is 0. The van der Waals surface area contributed by atoms with E-state index in [9.17, 15) is 8.42 Å². The molecule has 1 atom stereocenters. The van der Waals surface area contributed by atoms with E-state index in [-0.39, 0.29) is 5.41 Å². The Labute approximate surface area is 73.5 Å². The molecule has 0 amide bonds. The number of hydrogen-bond donors (Lipinski definition) is 1. The van der Waals surface area contributed by atoms with Gasteiger partial charge in [-0.1, -0.05) is 0 Å². The molecule has 0 aromatic carbocycles. The number of piperidine rings is 1. The van der Waals surface area contributed by atoms with Crippen LogP contribution in [0.15, 0.2) is 0 Å². The molecule has 0 aromatic heterocycles. The highest BCUT2D eigenvalue weighted by Crippen LogP contribution is 2.37. The molecular formula is C8H15NO2S. The van der Waals surface area contributed by atoms with Gasteiger partial charge in [-0.2, -0.15) is 0 Å². The summed E-state index contributed by atoms with van der Waals surface area (Å²) < 4.78 is 22.6. The van der Waals surface area contributed by atoms with Gasteiger partial charge in [0, 0.05) is 6.54 Å². The molecule has 0 aromatic rings. The number of nitrogens with one attached hydrogen (secondary N) is 1. The third kappa shape index (κ3) is 1.50. The number of sulfone groups is 1. The first-order valence-electron chi connectivity index (χ1n) is 4.53. The predicted molar refractivity (Wildman–Crippen MR) is 47.8 cm³/mol. The molecule has 4 heteroatoms. The Morgan fingerprint density at radius 3 is 2.58 bits per heavy atom. The largest absolute Gasteiger partial charge is 0.316 e. The molecule has 0 saturated carbocycles. The maximum absolute atomic E-state index is 11.3. The first-order chi connectivity index (χ1) is 5.62. The molecule has 1 N–H and O–H groups in total. The minimum atomic E-state index is -2.69. The molecule has 2 saturated heterocycles. The Kier molecular flexibility index (Phi) is 1.92. The Morgan fingerprint density at radius 2 is 2.08 bits per heavy atom. The van der Waals surface area contributed by atoms with E-state index in [0.29, 0.717) is 11.5 Å². The molecule has 2 aliphatic heterocycles. The molecule has 0 radical (unpaired) electrons. The van der Waals surface area contributed by atoms with Crippen molar-refractivity contribution in [3.63, 3.8) is 0 Å². The fourth-order valence-electron chi connectivity index (χ4n) is 2.35. The lowest BCUT2D eigenvalue weighted by Gasteiger charge is -2.32. The zero-order valence-electron chi connectivity index (χ0n) is 7.17. The fourth-order valence-corrected chi connectivity index (χ4v) is 4.56. The summed E-state index contributed by atoms with van der Waals surface area (Å²) in [6.07, 6.45) is 3.11. The molecule has 0 aliphatic carbocycles. The van der Waals surface area contributed by atoms with Crippen LogP contribution in [-0.2, 0) is 9.84 Å². The average Bonchev–Trinajstić information content (AvgIpc) is 2.29. The lowest BCUT2D eigenvalue weighted by Crippen LogP contribution is -2.40. The van der Waals surface area contributed by atoms with Crippen molar-refractivity contribution in [1.82, 2.24) is 5.32 Å². The van der Waals surface area contributed by atoms with Gasteiger partial charge < -0.3 is 5.32 Å². The van der Waals surface area contributed by atoms with Gasteiger partial charge in [-0.05, 0) is 31.2 Å². The van der Waals surface area contributed by atoms with Gasteiger partial charge in [0.2, 0.25) is 0 Å². The van der Waals surface area contributed by atoms with Crippen LogP contribution in [-0.4, -0.2) is 33.0 Å². The molecule has 12 heavy (non-hydrogen) atoms. The molecule has 0 bridgehead atoms. The normalized spacial score (nSPS) is 40.3. The minimum Gasteiger partial charge on any atom is -0.316 e. The van der Waals surface area contributed by atoms with E-state index in [1.807, 2.05) is 0 Å². The standard InChI is InChI=1S/C8H15NO2S/c10-12(11)5-3-8(7-12)2-1-4-9-6-8/h9H,1-7H2/t8-/m1/s1. The van der Waals surface area contributed by atoms with Gasteiger partial charge in [0.15, 0.2) is 9.84 Å². The zero-order chi connectivity index (χ0) is 8.66. The quantitative estimate of drug-likeness (QED) is 0.591. The molecule has 2 fully saturated rings. The summed E-state index contributed by atoms with van der Waals surface area (Å²) in [6.45, 7) is 1.97. The van der Waals surface area contributed by atoms with E-state index in [2.05, 4.69) is 5.32 Å². The molecule has 2 rings (SSSR count). The summed E-state index contributed by atoms with van der Waals surface area (Å²) in [5.74, 6) is 0.835. The van der Waals surface area contributed by atoms with E-state index >= 15 is 0 Å². The second kappa shape index (κ2) is 2.70. The maximum atomic E-state index is 11.3. The van der Waals surface area contributed by atoms with Crippen LogP contribution in [0.3, 0.4) is 0 Å². The van der Waals surface area contributed by atoms with E-state index in [4.69, 9.17) is 0 Å². The first-order valence-corrected chi connectivity index (χ1v) is 6.35. The van der Waals surface area contributed by atoms with Crippen LogP contribution in [0.5, 0.6) is 0 Å². The van der Waals surface area contributed by atoms with Crippen molar-refractivity contribution in [2.45, 2.75) is 19.3 Å². The van der Waals surface area contributed by atoms with Gasteiger partial charge >= 0.3 is 0 Å². The van der Waals surface area contributed by atoms with Crippen molar-refractivity contribution >= 4 is 9.84 Å². The summed E-state index contributed by atoms with van der Waals surface area (Å²) in [5.41, 5.74) is 0.108. The lowest BCUT2D eigenvalue weighted by atomic mass is 9.80. The average molecular weight is 189 g/mol. The highest BCUT2D eigenvalue weighted by Gasteiger charge is 2.42. The minimum absolute atomic E-state index is 0.108. The van der Waals surface area contributed by atoms with E-state index in [1.165, 1.54) is 0 Å². The third-order valence-electron chi connectivity index (χ3n) is 3.03. The molecular weight excluding hydrogens is 174 g/mol. The van der Waals surface area contributed by atoms with Crippen LogP contribution < -0.4 is 5.32 Å². The summed E-state index contributed by atoms with van der Waals surface area (Å²) >= 11 is 0. The molecule has 2 aliphatic rings. The van der Waals surface area contributed by atoms with Crippen LogP contribution in [0.4, 0.5) is 0 Å². The number of hydrogen-bond acceptors (Lipinski definition) is 3. The molecule has 3 nitrogen and oxygen atoms in total. The van der Waals surface area contributed by atoms with Crippen LogP contribution >= 0.6 is 0 Å². The van der Waals surface area contributed by atoms with Crippen molar-refractivity contribution in [2.24, 2.45) is 5.41 Å².